The molecule has 35 heavy (non-hydrogen) atoms. The number of hydrogen-bond acceptors (Lipinski definition) is 6. The third-order valence-electron chi connectivity index (χ3n) is 4.96. The van der Waals surface area contributed by atoms with Crippen LogP contribution in [0.5, 0.6) is 0 Å². The van der Waals surface area contributed by atoms with Gasteiger partial charge in [-0.25, -0.2) is 19.1 Å². The number of nitrogens with one attached hydrogen (secondary N) is 1. The zero-order chi connectivity index (χ0) is 25.7. The van der Waals surface area contributed by atoms with Gasteiger partial charge in [-0.2, -0.15) is 0 Å². The number of ether oxygens (including phenoxy) is 1. The SMILES string of the molecule is CCOC(=O)c1[nH]n(-c2cc(C(=O)O)cc(C(=O)O)c2)c(=O)c1C=C=Cc1ccc(N(C)C)cc1. The highest BCUT2D eigenvalue weighted by Crippen LogP contribution is 2.17. The fourth-order valence-electron chi connectivity index (χ4n) is 3.20. The molecule has 0 atom stereocenters. The van der Waals surface area contributed by atoms with Gasteiger partial charge in [0.15, 0.2) is 5.69 Å². The highest BCUT2D eigenvalue weighted by molar-refractivity contribution is 5.95. The quantitative estimate of drug-likeness (QED) is 0.332. The molecule has 0 saturated carbocycles. The number of rotatable bonds is 8. The summed E-state index contributed by atoms with van der Waals surface area (Å²) in [5.41, 5.74) is 2.97. The number of hydrogen-bond donors (Lipinski definition) is 3. The van der Waals surface area contributed by atoms with Crippen molar-refractivity contribution >= 4 is 35.7 Å². The van der Waals surface area contributed by atoms with Crippen LogP contribution in [0.4, 0.5) is 5.69 Å². The highest BCUT2D eigenvalue weighted by Gasteiger charge is 2.22. The minimum absolute atomic E-state index is 0.0565. The first-order valence-electron chi connectivity index (χ1n) is 10.5. The van der Waals surface area contributed by atoms with E-state index < -0.39 is 23.5 Å². The molecule has 0 radical (unpaired) electrons. The Labute approximate surface area is 200 Å². The molecule has 0 fully saturated rings. The largest absolute Gasteiger partial charge is 0.478 e. The van der Waals surface area contributed by atoms with E-state index >= 15 is 0 Å². The summed E-state index contributed by atoms with van der Waals surface area (Å²) in [6, 6.07) is 10.8. The zero-order valence-corrected chi connectivity index (χ0v) is 19.2. The van der Waals surface area contributed by atoms with Crippen LogP contribution in [0.3, 0.4) is 0 Å². The van der Waals surface area contributed by atoms with Gasteiger partial charge in [0.2, 0.25) is 0 Å². The van der Waals surface area contributed by atoms with E-state index in [-0.39, 0.29) is 34.7 Å². The summed E-state index contributed by atoms with van der Waals surface area (Å²) < 4.78 is 5.92. The van der Waals surface area contributed by atoms with Gasteiger partial charge < -0.3 is 19.8 Å². The van der Waals surface area contributed by atoms with Gasteiger partial charge in [-0.3, -0.25) is 9.89 Å². The molecule has 180 valence electrons. The monoisotopic (exact) mass is 477 g/mol. The van der Waals surface area contributed by atoms with Crippen LogP contribution < -0.4 is 10.5 Å². The van der Waals surface area contributed by atoms with Crippen molar-refractivity contribution in [1.82, 2.24) is 9.78 Å². The molecule has 0 saturated heterocycles. The Balaban J connectivity index is 2.13. The second kappa shape index (κ2) is 10.4. The summed E-state index contributed by atoms with van der Waals surface area (Å²) in [5.74, 6) is -3.55. The van der Waals surface area contributed by atoms with Crippen LogP contribution in [0.15, 0.2) is 53.0 Å². The Kier molecular flexibility index (Phi) is 7.38. The predicted molar refractivity (Wildman–Crippen MR) is 129 cm³/mol. The van der Waals surface area contributed by atoms with E-state index in [2.05, 4.69) is 10.8 Å². The molecule has 0 aliphatic rings. The number of carboxylic acids is 2. The van der Waals surface area contributed by atoms with Gasteiger partial charge in [-0.15, -0.1) is 5.73 Å². The molecule has 0 spiro atoms. The average Bonchev–Trinajstić information content (AvgIpc) is 3.15. The third-order valence-corrected chi connectivity index (χ3v) is 4.96. The molecular weight excluding hydrogens is 454 g/mol. The molecule has 1 heterocycles. The number of benzene rings is 2. The fourth-order valence-corrected chi connectivity index (χ4v) is 3.20. The molecule has 0 unspecified atom stereocenters. The van der Waals surface area contributed by atoms with E-state index in [1.807, 2.05) is 43.3 Å². The average molecular weight is 477 g/mol. The first kappa shape index (κ1) is 24.8. The lowest BCUT2D eigenvalue weighted by atomic mass is 10.1. The van der Waals surface area contributed by atoms with Gasteiger partial charge >= 0.3 is 17.9 Å². The minimum Gasteiger partial charge on any atom is -0.478 e. The number of carbonyl (C=O) groups is 3. The van der Waals surface area contributed by atoms with Crippen molar-refractivity contribution in [2.24, 2.45) is 0 Å². The van der Waals surface area contributed by atoms with Crippen molar-refractivity contribution in [3.63, 3.8) is 0 Å². The zero-order valence-electron chi connectivity index (χ0n) is 19.2. The molecule has 0 aliphatic heterocycles. The number of H-pyrrole nitrogens is 1. The van der Waals surface area contributed by atoms with E-state index in [4.69, 9.17) is 4.74 Å². The second-order valence-electron chi connectivity index (χ2n) is 7.58. The summed E-state index contributed by atoms with van der Waals surface area (Å²) in [4.78, 5) is 50.5. The van der Waals surface area contributed by atoms with Crippen molar-refractivity contribution < 1.29 is 29.3 Å². The lowest BCUT2D eigenvalue weighted by Gasteiger charge is -2.11. The first-order valence-corrected chi connectivity index (χ1v) is 10.5. The van der Waals surface area contributed by atoms with Crippen LogP contribution in [0.2, 0.25) is 0 Å². The number of anilines is 1. The van der Waals surface area contributed by atoms with Crippen molar-refractivity contribution in [2.45, 2.75) is 6.92 Å². The van der Waals surface area contributed by atoms with Crippen molar-refractivity contribution in [3.05, 3.63) is 86.5 Å². The van der Waals surface area contributed by atoms with Crippen LogP contribution in [-0.4, -0.2) is 58.6 Å². The Morgan fingerprint density at radius 2 is 1.63 bits per heavy atom. The number of aromatic nitrogens is 2. The molecule has 10 nitrogen and oxygen atoms in total. The molecule has 3 rings (SSSR count). The molecule has 0 aliphatic carbocycles. The topological polar surface area (TPSA) is 142 Å². The van der Waals surface area contributed by atoms with Crippen molar-refractivity contribution in [1.29, 1.82) is 0 Å². The molecule has 10 heteroatoms. The first-order chi connectivity index (χ1) is 16.6. The summed E-state index contributed by atoms with van der Waals surface area (Å²) >= 11 is 0. The number of carbonyl (C=O) groups excluding carboxylic acids is 1. The van der Waals surface area contributed by atoms with Crippen LogP contribution in [0.1, 0.15) is 49.3 Å². The normalized spacial score (nSPS) is 10.3. The summed E-state index contributed by atoms with van der Waals surface area (Å²) in [6.45, 7) is 1.66. The number of nitrogens with zero attached hydrogens (tertiary/aromatic N) is 2. The summed E-state index contributed by atoms with van der Waals surface area (Å²) in [6.07, 6.45) is 2.93. The van der Waals surface area contributed by atoms with E-state index in [0.29, 0.717) is 0 Å². The minimum atomic E-state index is -1.37. The number of esters is 1. The van der Waals surface area contributed by atoms with Crippen molar-refractivity contribution in [3.8, 4) is 5.69 Å². The Morgan fingerprint density at radius 1 is 1.03 bits per heavy atom. The van der Waals surface area contributed by atoms with Crippen LogP contribution >= 0.6 is 0 Å². The molecule has 0 amide bonds. The molecule has 1 aromatic heterocycles. The number of carboxylic acid groups (broad SMARTS) is 2. The van der Waals surface area contributed by atoms with Gasteiger partial charge in [0.1, 0.15) is 0 Å². The molecule has 2 aromatic carbocycles. The number of aromatic amines is 1. The smallest absolute Gasteiger partial charge is 0.357 e. The van der Waals surface area contributed by atoms with E-state index in [9.17, 15) is 29.4 Å². The molecule has 3 N–H and O–H groups in total. The predicted octanol–water partition coefficient (Wildman–Crippen LogP) is 3.13. The Bertz CT molecular complexity index is 1370. The van der Waals surface area contributed by atoms with Gasteiger partial charge in [0.05, 0.1) is 29.0 Å². The number of aromatic carboxylic acids is 2. The molecule has 3 aromatic rings. The van der Waals surface area contributed by atoms with Crippen LogP contribution in [-0.2, 0) is 4.74 Å². The van der Waals surface area contributed by atoms with Gasteiger partial charge in [0.25, 0.3) is 5.56 Å². The molecule has 0 bridgehead atoms. The third kappa shape index (κ3) is 5.58. The second-order valence-corrected chi connectivity index (χ2v) is 7.58. The molecular formula is C25H23N3O7. The van der Waals surface area contributed by atoms with E-state index in [1.54, 1.807) is 13.0 Å². The van der Waals surface area contributed by atoms with Gasteiger partial charge in [-0.1, -0.05) is 12.1 Å². The Hall–Kier alpha value is -4.82. The van der Waals surface area contributed by atoms with Crippen LogP contribution in [0, 0.1) is 0 Å². The van der Waals surface area contributed by atoms with Gasteiger partial charge in [-0.05, 0) is 55.0 Å². The fraction of sp³-hybridized carbons (Fsp3) is 0.160. The standard InChI is InChI=1S/C25H23N3O7/c1-4-35-25(34)21-20(7-5-6-15-8-10-18(11-9-15)27(2)3)22(29)28(26-21)19-13-16(23(30)31)12-17(14-19)24(32)33/h6-14,26H,4H2,1-3H3,(H,30,31)(H,32,33). The highest BCUT2D eigenvalue weighted by atomic mass is 16.5. The summed E-state index contributed by atoms with van der Waals surface area (Å²) in [5, 5.41) is 21.3. The lowest BCUT2D eigenvalue weighted by molar-refractivity contribution is 0.0517. The van der Waals surface area contributed by atoms with E-state index in [0.717, 1.165) is 34.1 Å². The maximum atomic E-state index is 13.2. The lowest BCUT2D eigenvalue weighted by Crippen LogP contribution is -2.17. The van der Waals surface area contributed by atoms with Crippen molar-refractivity contribution in [2.75, 3.05) is 25.6 Å². The Morgan fingerprint density at radius 3 is 2.14 bits per heavy atom. The summed E-state index contributed by atoms with van der Waals surface area (Å²) in [7, 11) is 3.84. The van der Waals surface area contributed by atoms with Crippen LogP contribution in [0.25, 0.3) is 17.8 Å². The maximum Gasteiger partial charge on any atom is 0.357 e. The van der Waals surface area contributed by atoms with Gasteiger partial charge in [0, 0.05) is 19.8 Å². The van der Waals surface area contributed by atoms with E-state index in [1.165, 1.54) is 6.08 Å². The maximum absolute atomic E-state index is 13.2.